The molecule has 1 fully saturated rings. The molecule has 0 aliphatic heterocycles. The number of fused-ring (bicyclic) bond motifs is 1. The summed E-state index contributed by atoms with van der Waals surface area (Å²) in [5.41, 5.74) is 1.43. The molecule has 0 radical (unpaired) electrons. The van der Waals surface area contributed by atoms with Crippen molar-refractivity contribution in [2.45, 2.75) is 51.6 Å². The summed E-state index contributed by atoms with van der Waals surface area (Å²) in [5.74, 6) is -0.522. The summed E-state index contributed by atoms with van der Waals surface area (Å²) in [6, 6.07) is 7.52. The van der Waals surface area contributed by atoms with E-state index in [4.69, 9.17) is 9.84 Å². The van der Waals surface area contributed by atoms with Crippen LogP contribution in [0.3, 0.4) is 0 Å². The van der Waals surface area contributed by atoms with Crippen LogP contribution in [0.15, 0.2) is 36.5 Å². The summed E-state index contributed by atoms with van der Waals surface area (Å²) in [6.45, 7) is 1.50. The fourth-order valence-corrected chi connectivity index (χ4v) is 4.50. The van der Waals surface area contributed by atoms with E-state index >= 15 is 0 Å². The number of aryl methyl sites for hydroxylation is 1. The SMILES string of the molecule is Cc1cc(CC(=O)O)cc(C(F)(F)F)c1Oc1ccc2[nH]cc(CC3CCCC3)c2c1. The number of aromatic amines is 1. The Bertz CT molecular complexity index is 1110. The van der Waals surface area contributed by atoms with Gasteiger partial charge in [-0.2, -0.15) is 13.2 Å². The van der Waals surface area contributed by atoms with Crippen molar-refractivity contribution < 1.29 is 27.8 Å². The molecule has 7 heteroatoms. The lowest BCUT2D eigenvalue weighted by molar-refractivity contribution is -0.139. The third-order valence-electron chi connectivity index (χ3n) is 5.94. The summed E-state index contributed by atoms with van der Waals surface area (Å²) >= 11 is 0. The molecule has 0 saturated heterocycles. The highest BCUT2D eigenvalue weighted by atomic mass is 19.4. The number of carboxylic acid groups (broad SMARTS) is 1. The number of halogens is 3. The van der Waals surface area contributed by atoms with Crippen LogP contribution in [-0.4, -0.2) is 16.1 Å². The average Bonchev–Trinajstić information content (AvgIpc) is 3.33. The van der Waals surface area contributed by atoms with E-state index in [1.807, 2.05) is 12.3 Å². The number of benzene rings is 2. The first-order chi connectivity index (χ1) is 14.7. The molecular formula is C24H24F3NO3. The molecule has 31 heavy (non-hydrogen) atoms. The Morgan fingerprint density at radius 3 is 2.61 bits per heavy atom. The van der Waals surface area contributed by atoms with Gasteiger partial charge < -0.3 is 14.8 Å². The first kappa shape index (κ1) is 21.3. The molecule has 3 aromatic rings. The Morgan fingerprint density at radius 1 is 1.19 bits per heavy atom. The lowest BCUT2D eigenvalue weighted by Crippen LogP contribution is -2.11. The zero-order valence-corrected chi connectivity index (χ0v) is 17.2. The molecule has 2 aromatic carbocycles. The van der Waals surface area contributed by atoms with Gasteiger partial charge in [-0.1, -0.05) is 31.7 Å². The number of carbonyl (C=O) groups is 1. The van der Waals surface area contributed by atoms with Gasteiger partial charge in [0.1, 0.15) is 11.5 Å². The Hall–Kier alpha value is -2.96. The number of ether oxygens (including phenoxy) is 1. The van der Waals surface area contributed by atoms with Crippen LogP contribution >= 0.6 is 0 Å². The number of hydrogen-bond donors (Lipinski definition) is 2. The highest BCUT2D eigenvalue weighted by Gasteiger charge is 2.36. The molecule has 4 rings (SSSR count). The van der Waals surface area contributed by atoms with Gasteiger partial charge in [0, 0.05) is 17.1 Å². The third-order valence-corrected chi connectivity index (χ3v) is 5.94. The van der Waals surface area contributed by atoms with Crippen molar-refractivity contribution in [2.24, 2.45) is 5.92 Å². The molecule has 0 unspecified atom stereocenters. The fraction of sp³-hybridized carbons (Fsp3) is 0.375. The highest BCUT2D eigenvalue weighted by molar-refractivity contribution is 5.84. The minimum Gasteiger partial charge on any atom is -0.481 e. The fourth-order valence-electron chi connectivity index (χ4n) is 4.50. The zero-order valence-electron chi connectivity index (χ0n) is 17.2. The highest BCUT2D eigenvalue weighted by Crippen LogP contribution is 2.41. The predicted molar refractivity (Wildman–Crippen MR) is 112 cm³/mol. The molecule has 0 spiro atoms. The molecule has 0 amide bonds. The van der Waals surface area contributed by atoms with Crippen molar-refractivity contribution >= 4 is 16.9 Å². The van der Waals surface area contributed by atoms with Crippen molar-refractivity contribution in [1.82, 2.24) is 4.98 Å². The van der Waals surface area contributed by atoms with Crippen LogP contribution in [0, 0.1) is 12.8 Å². The van der Waals surface area contributed by atoms with Gasteiger partial charge >= 0.3 is 12.1 Å². The second-order valence-corrected chi connectivity index (χ2v) is 8.34. The summed E-state index contributed by atoms with van der Waals surface area (Å²) in [6.07, 6.45) is 2.68. The number of alkyl halides is 3. The number of rotatable bonds is 6. The van der Waals surface area contributed by atoms with Crippen molar-refractivity contribution in [3.05, 3.63) is 58.8 Å². The van der Waals surface area contributed by atoms with Gasteiger partial charge in [0.05, 0.1) is 12.0 Å². The second-order valence-electron chi connectivity index (χ2n) is 8.34. The molecule has 1 heterocycles. The van der Waals surface area contributed by atoms with Gasteiger partial charge in [-0.15, -0.1) is 0 Å². The maximum absolute atomic E-state index is 13.7. The molecule has 0 bridgehead atoms. The minimum atomic E-state index is -4.67. The van der Waals surface area contributed by atoms with Gasteiger partial charge in [-0.05, 0) is 60.2 Å². The van der Waals surface area contributed by atoms with Crippen molar-refractivity contribution in [2.75, 3.05) is 0 Å². The molecule has 0 atom stereocenters. The number of H-pyrrole nitrogens is 1. The molecule has 1 aliphatic carbocycles. The monoisotopic (exact) mass is 431 g/mol. The molecule has 164 valence electrons. The molecular weight excluding hydrogens is 407 g/mol. The standard InChI is InChI=1S/C24H24F3NO3/c1-14-8-16(11-22(29)30)10-20(24(25,26)27)23(14)31-18-6-7-21-19(12-18)17(13-28-21)9-15-4-2-3-5-15/h6-8,10,12-13,15,28H,2-5,9,11H2,1H3,(H,29,30). The Labute approximate surface area is 178 Å². The maximum atomic E-state index is 13.7. The quantitative estimate of drug-likeness (QED) is 0.459. The van der Waals surface area contributed by atoms with E-state index in [1.54, 1.807) is 12.1 Å². The molecule has 1 aliphatic rings. The van der Waals surface area contributed by atoms with Gasteiger partial charge in [-0.25, -0.2) is 0 Å². The van der Waals surface area contributed by atoms with Crippen LogP contribution in [0.25, 0.3) is 10.9 Å². The third kappa shape index (κ3) is 4.70. The van der Waals surface area contributed by atoms with Crippen LogP contribution in [-0.2, 0) is 23.8 Å². The van der Waals surface area contributed by atoms with Gasteiger partial charge in [0.25, 0.3) is 0 Å². The summed E-state index contributed by atoms with van der Waals surface area (Å²) in [4.78, 5) is 14.2. The van der Waals surface area contributed by atoms with E-state index in [1.165, 1.54) is 38.7 Å². The normalized spacial score (nSPS) is 15.0. The summed E-state index contributed by atoms with van der Waals surface area (Å²) in [7, 11) is 0. The molecule has 4 nitrogen and oxygen atoms in total. The number of nitrogens with one attached hydrogen (secondary N) is 1. The predicted octanol–water partition coefficient (Wildman–Crippen LogP) is 6.65. The number of aliphatic carboxylic acids is 1. The lowest BCUT2D eigenvalue weighted by atomic mass is 9.97. The largest absolute Gasteiger partial charge is 0.481 e. The first-order valence-electron chi connectivity index (χ1n) is 10.4. The van der Waals surface area contributed by atoms with E-state index < -0.39 is 24.1 Å². The zero-order chi connectivity index (χ0) is 22.2. The van der Waals surface area contributed by atoms with Crippen LogP contribution in [0.1, 0.15) is 47.9 Å². The average molecular weight is 431 g/mol. The number of carboxylic acids is 1. The van der Waals surface area contributed by atoms with Gasteiger partial charge in [0.15, 0.2) is 0 Å². The number of aromatic nitrogens is 1. The van der Waals surface area contributed by atoms with Crippen molar-refractivity contribution in [3.63, 3.8) is 0 Å². The summed E-state index contributed by atoms with van der Waals surface area (Å²) < 4.78 is 46.9. The van der Waals surface area contributed by atoms with E-state index in [9.17, 15) is 18.0 Å². The minimum absolute atomic E-state index is 0.0876. The lowest BCUT2D eigenvalue weighted by Gasteiger charge is -2.18. The van der Waals surface area contributed by atoms with E-state index in [0.717, 1.165) is 29.0 Å². The maximum Gasteiger partial charge on any atom is 0.420 e. The van der Waals surface area contributed by atoms with Crippen molar-refractivity contribution in [3.8, 4) is 11.5 Å². The van der Waals surface area contributed by atoms with Crippen LogP contribution < -0.4 is 4.74 Å². The van der Waals surface area contributed by atoms with Gasteiger partial charge in [-0.3, -0.25) is 4.79 Å². The van der Waals surface area contributed by atoms with Crippen LogP contribution in [0.5, 0.6) is 11.5 Å². The second kappa shape index (κ2) is 8.29. The molecule has 1 saturated carbocycles. The van der Waals surface area contributed by atoms with Crippen LogP contribution in [0.4, 0.5) is 13.2 Å². The van der Waals surface area contributed by atoms with E-state index in [2.05, 4.69) is 4.98 Å². The summed E-state index contributed by atoms with van der Waals surface area (Å²) in [5, 5.41) is 9.91. The van der Waals surface area contributed by atoms with Gasteiger partial charge in [0.2, 0.25) is 0 Å². The van der Waals surface area contributed by atoms with E-state index in [0.29, 0.717) is 11.7 Å². The Balaban J connectivity index is 1.68. The van der Waals surface area contributed by atoms with E-state index in [-0.39, 0.29) is 16.9 Å². The number of hydrogen-bond acceptors (Lipinski definition) is 2. The Kier molecular flexibility index (Phi) is 5.69. The van der Waals surface area contributed by atoms with Crippen LogP contribution in [0.2, 0.25) is 0 Å². The topological polar surface area (TPSA) is 62.3 Å². The molecule has 2 N–H and O–H groups in total. The Morgan fingerprint density at radius 2 is 1.94 bits per heavy atom. The first-order valence-corrected chi connectivity index (χ1v) is 10.4. The van der Waals surface area contributed by atoms with Crippen molar-refractivity contribution in [1.29, 1.82) is 0 Å². The molecule has 1 aromatic heterocycles. The smallest absolute Gasteiger partial charge is 0.420 e.